The Morgan fingerprint density at radius 1 is 1.12 bits per heavy atom. The molecule has 1 saturated heterocycles. The Balaban J connectivity index is 1.34. The Kier molecular flexibility index (Phi) is 5.10. The Bertz CT molecular complexity index is 1270. The van der Waals surface area contributed by atoms with E-state index in [1.165, 1.54) is 12.1 Å². The van der Waals surface area contributed by atoms with Crippen LogP contribution in [0.1, 0.15) is 24.8 Å². The third-order valence-corrected chi connectivity index (χ3v) is 6.29. The molecule has 5 rings (SSSR count). The minimum Gasteiger partial charge on any atom is -0.342 e. The number of carbonyl (C=O) groups excluding carboxylic acids is 1. The van der Waals surface area contributed by atoms with Gasteiger partial charge in [0.1, 0.15) is 11.9 Å². The summed E-state index contributed by atoms with van der Waals surface area (Å²) < 4.78 is 15.6. The number of hydrogen-bond donors (Lipinski definition) is 1. The molecule has 7 nitrogen and oxygen atoms in total. The van der Waals surface area contributed by atoms with Gasteiger partial charge in [-0.3, -0.25) is 9.36 Å². The molecule has 1 aliphatic carbocycles. The molecule has 1 aromatic heterocycles. The zero-order valence-corrected chi connectivity index (χ0v) is 17.4. The van der Waals surface area contributed by atoms with Crippen LogP contribution < -0.4 is 5.69 Å². The molecule has 1 aliphatic heterocycles. The fraction of sp³-hybridized carbons (Fsp3) is 0.333. The van der Waals surface area contributed by atoms with Gasteiger partial charge < -0.3 is 4.90 Å². The number of likely N-dealkylation sites (tertiary alicyclic amines) is 1. The van der Waals surface area contributed by atoms with Crippen molar-refractivity contribution >= 4 is 5.91 Å². The van der Waals surface area contributed by atoms with Crippen LogP contribution in [-0.2, 0) is 11.3 Å². The summed E-state index contributed by atoms with van der Waals surface area (Å²) in [7, 11) is 0. The quantitative estimate of drug-likeness (QED) is 0.671. The van der Waals surface area contributed by atoms with Gasteiger partial charge in [-0.25, -0.2) is 14.3 Å². The van der Waals surface area contributed by atoms with Crippen LogP contribution in [0.15, 0.2) is 47.3 Å². The van der Waals surface area contributed by atoms with E-state index >= 15 is 0 Å². The molecule has 1 unspecified atom stereocenters. The van der Waals surface area contributed by atoms with Crippen molar-refractivity contribution in [2.45, 2.75) is 25.8 Å². The normalized spacial score (nSPS) is 18.0. The van der Waals surface area contributed by atoms with Gasteiger partial charge in [0.15, 0.2) is 5.82 Å². The molecule has 2 fully saturated rings. The summed E-state index contributed by atoms with van der Waals surface area (Å²) in [6.45, 7) is 1.93. The van der Waals surface area contributed by atoms with Crippen molar-refractivity contribution in [1.29, 1.82) is 5.26 Å². The molecule has 2 aromatic carbocycles. The summed E-state index contributed by atoms with van der Waals surface area (Å²) in [5.74, 6) is 0.666. The second-order valence-electron chi connectivity index (χ2n) is 8.56. The number of halogens is 1. The first-order chi connectivity index (χ1) is 15.5. The molecule has 32 heavy (non-hydrogen) atoms. The maximum absolute atomic E-state index is 14.0. The third-order valence-electron chi connectivity index (χ3n) is 6.29. The van der Waals surface area contributed by atoms with Crippen LogP contribution >= 0.6 is 0 Å². The summed E-state index contributed by atoms with van der Waals surface area (Å²) >= 11 is 0. The molecule has 3 aromatic rings. The first-order valence-electron chi connectivity index (χ1n) is 10.8. The highest BCUT2D eigenvalue weighted by atomic mass is 19.1. The number of aromatic nitrogens is 3. The van der Waals surface area contributed by atoms with Crippen LogP contribution in [0, 0.1) is 29.0 Å². The molecule has 0 spiro atoms. The molecule has 1 atom stereocenters. The fourth-order valence-corrected chi connectivity index (χ4v) is 4.33. The van der Waals surface area contributed by atoms with Gasteiger partial charge in [0, 0.05) is 31.1 Å². The summed E-state index contributed by atoms with van der Waals surface area (Å²) in [6.07, 6.45) is 2.87. The second-order valence-corrected chi connectivity index (χ2v) is 8.56. The average molecular weight is 431 g/mol. The van der Waals surface area contributed by atoms with Crippen LogP contribution in [0.3, 0.4) is 0 Å². The third kappa shape index (κ3) is 3.82. The Hall–Kier alpha value is -3.73. The van der Waals surface area contributed by atoms with Gasteiger partial charge in [0.25, 0.3) is 0 Å². The molecule has 1 amide bonds. The predicted octanol–water partition coefficient (Wildman–Crippen LogP) is 3.17. The van der Waals surface area contributed by atoms with Crippen LogP contribution in [0.25, 0.3) is 22.5 Å². The number of nitriles is 1. The van der Waals surface area contributed by atoms with Gasteiger partial charge in [0.2, 0.25) is 5.91 Å². The minimum atomic E-state index is -0.555. The molecule has 0 bridgehead atoms. The zero-order chi connectivity index (χ0) is 22.2. The van der Waals surface area contributed by atoms with E-state index < -0.39 is 5.82 Å². The van der Waals surface area contributed by atoms with Crippen LogP contribution in [0.5, 0.6) is 0 Å². The molecule has 1 saturated carbocycles. The van der Waals surface area contributed by atoms with E-state index in [0.717, 1.165) is 36.9 Å². The second kappa shape index (κ2) is 8.08. The largest absolute Gasteiger partial charge is 0.343 e. The number of nitrogens with one attached hydrogen (secondary N) is 1. The number of rotatable bonds is 5. The number of benzene rings is 2. The lowest BCUT2D eigenvalue weighted by Crippen LogP contribution is -2.31. The van der Waals surface area contributed by atoms with Gasteiger partial charge in [-0.05, 0) is 48.4 Å². The molecule has 2 aliphatic rings. The average Bonchev–Trinajstić information content (AvgIpc) is 3.46. The fourth-order valence-electron chi connectivity index (χ4n) is 4.33. The molecular formula is C24H22FN5O2. The Labute approximate surface area is 184 Å². The highest BCUT2D eigenvalue weighted by molar-refractivity contribution is 5.81. The van der Waals surface area contributed by atoms with Gasteiger partial charge in [-0.1, -0.05) is 30.3 Å². The monoisotopic (exact) mass is 431 g/mol. The van der Waals surface area contributed by atoms with Crippen molar-refractivity contribution in [3.8, 4) is 28.6 Å². The lowest BCUT2D eigenvalue weighted by Gasteiger charge is -2.16. The lowest BCUT2D eigenvalue weighted by molar-refractivity contribution is -0.131. The first kappa shape index (κ1) is 20.2. The summed E-state index contributed by atoms with van der Waals surface area (Å²) in [6, 6.07) is 13.7. The van der Waals surface area contributed by atoms with Crippen molar-refractivity contribution < 1.29 is 9.18 Å². The smallest absolute Gasteiger partial charge is 0.342 e. The summed E-state index contributed by atoms with van der Waals surface area (Å²) in [5, 5.41) is 15.6. The standard InChI is InChI=1S/C24H22FN5O2/c25-21-11-19(7-8-20(21)12-26)16-1-3-17(4-2-16)22-27-28-24(32)30(22)14-15-9-10-29(13-15)23(31)18-5-6-18/h1-4,7-8,11,15,18H,5-6,9-10,13-14H2,(H,28,32). The van der Waals surface area contributed by atoms with Gasteiger partial charge in [-0.2, -0.15) is 10.4 Å². The van der Waals surface area contributed by atoms with Gasteiger partial charge in [0.05, 0.1) is 5.56 Å². The van der Waals surface area contributed by atoms with Crippen molar-refractivity contribution in [3.63, 3.8) is 0 Å². The van der Waals surface area contributed by atoms with Gasteiger partial charge >= 0.3 is 5.69 Å². The number of H-pyrrole nitrogens is 1. The summed E-state index contributed by atoms with van der Waals surface area (Å²) in [4.78, 5) is 26.7. The lowest BCUT2D eigenvalue weighted by atomic mass is 10.0. The number of amides is 1. The molecule has 8 heteroatoms. The molecule has 1 N–H and O–H groups in total. The minimum absolute atomic E-state index is 0.00946. The topological polar surface area (TPSA) is 94.8 Å². The van der Waals surface area contributed by atoms with E-state index in [9.17, 15) is 14.0 Å². The van der Waals surface area contributed by atoms with E-state index in [0.29, 0.717) is 24.5 Å². The van der Waals surface area contributed by atoms with Crippen LogP contribution in [0.4, 0.5) is 4.39 Å². The van der Waals surface area contributed by atoms with Crippen molar-refractivity contribution in [2.75, 3.05) is 13.1 Å². The van der Waals surface area contributed by atoms with Crippen LogP contribution in [-0.4, -0.2) is 38.7 Å². The van der Waals surface area contributed by atoms with E-state index in [1.807, 2.05) is 35.2 Å². The highest BCUT2D eigenvalue weighted by Gasteiger charge is 2.36. The van der Waals surface area contributed by atoms with Crippen molar-refractivity contribution in [2.24, 2.45) is 11.8 Å². The number of nitrogens with zero attached hydrogens (tertiary/aromatic N) is 4. The van der Waals surface area contributed by atoms with Gasteiger partial charge in [-0.15, -0.1) is 0 Å². The highest BCUT2D eigenvalue weighted by Crippen LogP contribution is 2.33. The van der Waals surface area contributed by atoms with Crippen molar-refractivity contribution in [1.82, 2.24) is 19.7 Å². The number of carbonyl (C=O) groups is 1. The Morgan fingerprint density at radius 2 is 1.84 bits per heavy atom. The zero-order valence-electron chi connectivity index (χ0n) is 17.4. The maximum atomic E-state index is 14.0. The predicted molar refractivity (Wildman–Crippen MR) is 116 cm³/mol. The van der Waals surface area contributed by atoms with Crippen LogP contribution in [0.2, 0.25) is 0 Å². The molecule has 162 valence electrons. The first-order valence-corrected chi connectivity index (χ1v) is 10.8. The Morgan fingerprint density at radius 3 is 2.53 bits per heavy atom. The van der Waals surface area contributed by atoms with Crippen molar-refractivity contribution in [3.05, 3.63) is 64.3 Å². The number of hydrogen-bond acceptors (Lipinski definition) is 4. The van der Waals surface area contributed by atoms with E-state index in [2.05, 4.69) is 10.2 Å². The summed E-state index contributed by atoms with van der Waals surface area (Å²) in [5.41, 5.74) is 1.97. The molecular weight excluding hydrogens is 409 g/mol. The molecule has 0 radical (unpaired) electrons. The number of aromatic amines is 1. The molecule has 2 heterocycles. The van der Waals surface area contributed by atoms with E-state index in [4.69, 9.17) is 5.26 Å². The van der Waals surface area contributed by atoms with E-state index in [1.54, 1.807) is 10.6 Å². The van der Waals surface area contributed by atoms with E-state index in [-0.39, 0.29) is 29.0 Å². The SMILES string of the molecule is N#Cc1ccc(-c2ccc(-c3n[nH]c(=O)n3CC3CCN(C(=O)C4CC4)C3)cc2)cc1F. The maximum Gasteiger partial charge on any atom is 0.343 e.